The molecule has 1 aliphatic rings. The number of sulfonamides is 1. The Hall–Kier alpha value is -1.84. The number of rotatable bonds is 6. The Bertz CT molecular complexity index is 988. The van der Waals surface area contributed by atoms with Crippen molar-refractivity contribution in [1.29, 1.82) is 0 Å². The predicted molar refractivity (Wildman–Crippen MR) is 121 cm³/mol. The molecule has 0 saturated heterocycles. The van der Waals surface area contributed by atoms with Crippen LogP contribution in [0.5, 0.6) is 0 Å². The minimum Gasteiger partial charge on any atom is -0.335 e. The third-order valence-corrected chi connectivity index (χ3v) is 6.98. The molecule has 3 rings (SSSR count). The summed E-state index contributed by atoms with van der Waals surface area (Å²) in [5.41, 5.74) is 2.34. The van der Waals surface area contributed by atoms with Gasteiger partial charge in [-0.3, -0.25) is 4.99 Å². The number of hydrazone groups is 1. The van der Waals surface area contributed by atoms with Gasteiger partial charge < -0.3 is 5.32 Å². The second-order valence-electron chi connectivity index (χ2n) is 6.26. The van der Waals surface area contributed by atoms with Gasteiger partial charge in [0.2, 0.25) is 0 Å². The molecule has 6 nitrogen and oxygen atoms in total. The number of hydrogen-bond donors (Lipinski definition) is 2. The summed E-state index contributed by atoms with van der Waals surface area (Å²) in [7, 11) is -3.70. The number of hydrogen-bond acceptors (Lipinski definition) is 6. The number of nitrogens with one attached hydrogen (secondary N) is 2. The van der Waals surface area contributed by atoms with E-state index in [0.29, 0.717) is 11.8 Å². The molecule has 2 aromatic carbocycles. The van der Waals surface area contributed by atoms with Gasteiger partial charge in [-0.25, -0.2) is 0 Å². The summed E-state index contributed by atoms with van der Waals surface area (Å²) < 4.78 is 25.4. The van der Waals surface area contributed by atoms with E-state index in [1.165, 1.54) is 12.1 Å². The lowest BCUT2D eigenvalue weighted by Crippen LogP contribution is -2.19. The zero-order chi connectivity index (χ0) is 20.1. The third-order valence-electron chi connectivity index (χ3n) is 4.19. The van der Waals surface area contributed by atoms with E-state index in [-0.39, 0.29) is 4.90 Å². The van der Waals surface area contributed by atoms with Crippen molar-refractivity contribution in [3.05, 3.63) is 58.6 Å². The SMILES string of the molecule is CCC1CSC(Nc2ccc(/C(C)=N/NS(=O)(=O)c3ccc(Br)cc3)cc2)=N1. The first-order valence-corrected chi connectivity index (χ1v) is 12.0. The molecule has 1 aliphatic heterocycles. The van der Waals surface area contributed by atoms with Crippen molar-refractivity contribution in [2.45, 2.75) is 31.2 Å². The first-order chi connectivity index (χ1) is 13.4. The van der Waals surface area contributed by atoms with Crippen LogP contribution in [0.3, 0.4) is 0 Å². The maximum absolute atomic E-state index is 12.3. The molecule has 0 bridgehead atoms. The molecule has 0 aliphatic carbocycles. The van der Waals surface area contributed by atoms with E-state index >= 15 is 0 Å². The third kappa shape index (κ3) is 5.36. The minimum atomic E-state index is -3.70. The van der Waals surface area contributed by atoms with Crippen molar-refractivity contribution in [2.75, 3.05) is 11.1 Å². The zero-order valence-corrected chi connectivity index (χ0v) is 18.7. The number of benzene rings is 2. The number of aliphatic imine (C=N–C) groups is 1. The van der Waals surface area contributed by atoms with E-state index in [2.05, 4.69) is 43.1 Å². The van der Waals surface area contributed by atoms with Gasteiger partial charge in [0.1, 0.15) is 0 Å². The molecule has 2 N–H and O–H groups in total. The second kappa shape index (κ2) is 9.11. The highest BCUT2D eigenvalue weighted by Gasteiger charge is 2.16. The van der Waals surface area contributed by atoms with Crippen molar-refractivity contribution < 1.29 is 8.42 Å². The fraction of sp³-hybridized carbons (Fsp3) is 0.263. The Labute approximate surface area is 178 Å². The van der Waals surface area contributed by atoms with E-state index in [1.807, 2.05) is 24.3 Å². The van der Waals surface area contributed by atoms with E-state index in [0.717, 1.165) is 33.1 Å². The van der Waals surface area contributed by atoms with Crippen LogP contribution in [0.4, 0.5) is 5.69 Å². The topological polar surface area (TPSA) is 82.9 Å². The Morgan fingerprint density at radius 1 is 1.21 bits per heavy atom. The number of halogens is 1. The van der Waals surface area contributed by atoms with Crippen LogP contribution in [0.1, 0.15) is 25.8 Å². The standard InChI is InChI=1S/C19H21BrN4O2S2/c1-3-16-12-27-19(21-16)22-17-8-4-14(5-9-17)13(2)23-24-28(25,26)18-10-6-15(20)7-11-18/h4-11,16,24H,3,12H2,1-2H3,(H,21,22)/b23-13+. The van der Waals surface area contributed by atoms with Gasteiger partial charge in [0.15, 0.2) is 5.17 Å². The summed E-state index contributed by atoms with van der Waals surface area (Å²) in [6.45, 7) is 3.90. The van der Waals surface area contributed by atoms with Crippen LogP contribution in [-0.4, -0.2) is 31.1 Å². The molecule has 0 saturated carbocycles. The lowest BCUT2D eigenvalue weighted by molar-refractivity contribution is 0.584. The van der Waals surface area contributed by atoms with Crippen molar-refractivity contribution in [2.24, 2.45) is 10.1 Å². The molecule has 0 radical (unpaired) electrons. The normalized spacial score (nSPS) is 17.3. The summed E-state index contributed by atoms with van der Waals surface area (Å²) in [6, 6.07) is 14.4. The highest BCUT2D eigenvalue weighted by atomic mass is 79.9. The Kier molecular flexibility index (Phi) is 6.79. The molecule has 148 valence electrons. The molecule has 2 aromatic rings. The highest BCUT2D eigenvalue weighted by molar-refractivity contribution is 9.10. The maximum atomic E-state index is 12.3. The molecule has 0 fully saturated rings. The van der Waals surface area contributed by atoms with E-state index < -0.39 is 10.0 Å². The van der Waals surface area contributed by atoms with Gasteiger partial charge in [0.05, 0.1) is 16.6 Å². The van der Waals surface area contributed by atoms with Crippen LogP contribution in [0.2, 0.25) is 0 Å². The Morgan fingerprint density at radius 3 is 2.50 bits per heavy atom. The number of nitrogens with zero attached hydrogens (tertiary/aromatic N) is 2. The van der Waals surface area contributed by atoms with Crippen molar-refractivity contribution in [1.82, 2.24) is 4.83 Å². The highest BCUT2D eigenvalue weighted by Crippen LogP contribution is 2.22. The van der Waals surface area contributed by atoms with Crippen LogP contribution in [-0.2, 0) is 10.0 Å². The molecule has 0 aromatic heterocycles. The van der Waals surface area contributed by atoms with Crippen LogP contribution in [0.25, 0.3) is 0 Å². The lowest BCUT2D eigenvalue weighted by Gasteiger charge is -2.08. The van der Waals surface area contributed by atoms with E-state index in [4.69, 9.17) is 0 Å². The number of thioether (sulfide) groups is 1. The van der Waals surface area contributed by atoms with Crippen molar-refractivity contribution in [3.8, 4) is 0 Å². The van der Waals surface area contributed by atoms with Crippen molar-refractivity contribution >= 4 is 54.3 Å². The predicted octanol–water partition coefficient (Wildman–Crippen LogP) is 4.44. The number of anilines is 1. The van der Waals surface area contributed by atoms with Crippen LogP contribution in [0.15, 0.2) is 68.0 Å². The Morgan fingerprint density at radius 2 is 1.89 bits per heavy atom. The molecule has 1 heterocycles. The summed E-state index contributed by atoms with van der Waals surface area (Å²) >= 11 is 5.01. The fourth-order valence-electron chi connectivity index (χ4n) is 2.47. The smallest absolute Gasteiger partial charge is 0.276 e. The second-order valence-corrected chi connectivity index (χ2v) is 9.84. The van der Waals surface area contributed by atoms with E-state index in [1.54, 1.807) is 30.8 Å². The first-order valence-electron chi connectivity index (χ1n) is 8.77. The quantitative estimate of drug-likeness (QED) is 0.472. The molecule has 1 atom stereocenters. The zero-order valence-electron chi connectivity index (χ0n) is 15.5. The summed E-state index contributed by atoms with van der Waals surface area (Å²) in [5, 5.41) is 8.29. The molecule has 0 spiro atoms. The average molecular weight is 481 g/mol. The molecule has 9 heteroatoms. The summed E-state index contributed by atoms with van der Waals surface area (Å²) in [6.07, 6.45) is 1.04. The van der Waals surface area contributed by atoms with Crippen LogP contribution >= 0.6 is 27.7 Å². The van der Waals surface area contributed by atoms with Gasteiger partial charge in [-0.05, 0) is 55.3 Å². The van der Waals surface area contributed by atoms with Gasteiger partial charge in [-0.1, -0.05) is 46.7 Å². The maximum Gasteiger partial charge on any atom is 0.276 e. The molecule has 1 unspecified atom stereocenters. The monoisotopic (exact) mass is 480 g/mol. The summed E-state index contributed by atoms with van der Waals surface area (Å²) in [5.74, 6) is 1.02. The van der Waals surface area contributed by atoms with Crippen LogP contribution < -0.4 is 10.1 Å². The van der Waals surface area contributed by atoms with Crippen LogP contribution in [0, 0.1) is 0 Å². The first kappa shape index (κ1) is 20.9. The molecule has 28 heavy (non-hydrogen) atoms. The van der Waals surface area contributed by atoms with Gasteiger partial charge in [-0.2, -0.15) is 18.4 Å². The molecule has 0 amide bonds. The minimum absolute atomic E-state index is 0.159. The molecular formula is C19H21BrN4O2S2. The molecular weight excluding hydrogens is 460 g/mol. The van der Waals surface area contributed by atoms with Gasteiger partial charge in [0, 0.05) is 15.9 Å². The van der Waals surface area contributed by atoms with E-state index in [9.17, 15) is 8.42 Å². The van der Waals surface area contributed by atoms with Crippen molar-refractivity contribution in [3.63, 3.8) is 0 Å². The average Bonchev–Trinajstić information content (AvgIpc) is 3.15. The summed E-state index contributed by atoms with van der Waals surface area (Å²) in [4.78, 5) is 7.06. The van der Waals surface area contributed by atoms with Gasteiger partial charge in [0.25, 0.3) is 10.0 Å². The largest absolute Gasteiger partial charge is 0.335 e. The van der Waals surface area contributed by atoms with Gasteiger partial charge in [-0.15, -0.1) is 0 Å². The number of amidine groups is 1. The van der Waals surface area contributed by atoms with Gasteiger partial charge >= 0.3 is 0 Å². The lowest BCUT2D eigenvalue weighted by atomic mass is 10.1. The Balaban J connectivity index is 1.65. The fourth-order valence-corrected chi connectivity index (χ4v) is 4.67.